The Kier molecular flexibility index (Phi) is 1.65. The lowest BCUT2D eigenvalue weighted by Gasteiger charge is -1.97. The van der Waals surface area contributed by atoms with Crippen LogP contribution in [-0.4, -0.2) is 11.6 Å². The summed E-state index contributed by atoms with van der Waals surface area (Å²) in [5, 5.41) is 0. The molecule has 0 spiro atoms. The van der Waals surface area contributed by atoms with Crippen LogP contribution in [0.2, 0.25) is 0 Å². The number of rotatable bonds is 1. The van der Waals surface area contributed by atoms with Crippen molar-refractivity contribution < 1.29 is 9.59 Å². The van der Waals surface area contributed by atoms with E-state index in [-0.39, 0.29) is 11.6 Å². The summed E-state index contributed by atoms with van der Waals surface area (Å²) in [5.41, 5.74) is 0. The van der Waals surface area contributed by atoms with Gasteiger partial charge in [0.15, 0.2) is 11.6 Å². The Balaban J connectivity index is 2.54. The van der Waals surface area contributed by atoms with E-state index in [2.05, 4.69) is 0 Å². The first-order valence-electron chi connectivity index (χ1n) is 3.30. The first kappa shape index (κ1) is 6.46. The quantitative estimate of drug-likeness (QED) is 0.490. The van der Waals surface area contributed by atoms with Crippen molar-refractivity contribution in [3.8, 4) is 0 Å². The lowest BCUT2D eigenvalue weighted by molar-refractivity contribution is -0.134. The minimum absolute atomic E-state index is 0.165. The summed E-state index contributed by atoms with van der Waals surface area (Å²) in [5.74, 6) is 0.0219. The molecule has 1 fully saturated rings. The van der Waals surface area contributed by atoms with Gasteiger partial charge in [0.1, 0.15) is 0 Å². The maximum Gasteiger partial charge on any atom is 0.198 e. The molecule has 0 unspecified atom stereocenters. The SMILES string of the molecule is CCC1CC(=O)C(=O)C1. The standard InChI is InChI=1S/C7H10O2/c1-2-5-3-6(8)7(9)4-5/h5H,2-4H2,1H3. The van der Waals surface area contributed by atoms with Crippen molar-refractivity contribution in [2.75, 3.05) is 0 Å². The molecule has 1 saturated carbocycles. The lowest BCUT2D eigenvalue weighted by Crippen LogP contribution is -2.01. The van der Waals surface area contributed by atoms with Crippen molar-refractivity contribution in [3.63, 3.8) is 0 Å². The van der Waals surface area contributed by atoms with Crippen LogP contribution in [0.5, 0.6) is 0 Å². The van der Waals surface area contributed by atoms with Crippen LogP contribution in [-0.2, 0) is 9.59 Å². The normalized spacial score (nSPS) is 21.4. The van der Waals surface area contributed by atoms with Crippen molar-refractivity contribution in [2.24, 2.45) is 5.92 Å². The second kappa shape index (κ2) is 2.29. The van der Waals surface area contributed by atoms with Crippen LogP contribution in [0.25, 0.3) is 0 Å². The van der Waals surface area contributed by atoms with Crippen LogP contribution in [0.4, 0.5) is 0 Å². The molecule has 1 aliphatic rings. The maximum absolute atomic E-state index is 10.6. The Labute approximate surface area is 54.2 Å². The Morgan fingerprint density at radius 2 is 1.78 bits per heavy atom. The van der Waals surface area contributed by atoms with Crippen molar-refractivity contribution in [2.45, 2.75) is 26.2 Å². The minimum Gasteiger partial charge on any atom is -0.291 e. The second-order valence-electron chi connectivity index (χ2n) is 2.53. The third kappa shape index (κ3) is 1.18. The van der Waals surface area contributed by atoms with E-state index in [1.807, 2.05) is 6.92 Å². The van der Waals surface area contributed by atoms with E-state index >= 15 is 0 Å². The zero-order valence-corrected chi connectivity index (χ0v) is 5.52. The molecule has 0 aliphatic heterocycles. The van der Waals surface area contributed by atoms with Crippen LogP contribution in [0.15, 0.2) is 0 Å². The number of hydrogen-bond acceptors (Lipinski definition) is 2. The van der Waals surface area contributed by atoms with Crippen molar-refractivity contribution in [1.29, 1.82) is 0 Å². The van der Waals surface area contributed by atoms with Crippen LogP contribution >= 0.6 is 0 Å². The Hall–Kier alpha value is -0.660. The number of ketones is 2. The van der Waals surface area contributed by atoms with E-state index in [1.165, 1.54) is 0 Å². The molecule has 0 bridgehead atoms. The second-order valence-corrected chi connectivity index (χ2v) is 2.53. The summed E-state index contributed by atoms with van der Waals surface area (Å²) >= 11 is 0. The molecule has 1 aliphatic carbocycles. The highest BCUT2D eigenvalue weighted by Crippen LogP contribution is 2.21. The summed E-state index contributed by atoms with van der Waals surface area (Å²) in [6.07, 6.45) is 1.95. The summed E-state index contributed by atoms with van der Waals surface area (Å²) in [4.78, 5) is 21.2. The first-order valence-corrected chi connectivity index (χ1v) is 3.30. The fourth-order valence-corrected chi connectivity index (χ4v) is 1.11. The van der Waals surface area contributed by atoms with Gasteiger partial charge in [-0.15, -0.1) is 0 Å². The summed E-state index contributed by atoms with van der Waals surface area (Å²) in [6.45, 7) is 2.01. The minimum atomic E-state index is -0.165. The van der Waals surface area contributed by atoms with Crippen LogP contribution < -0.4 is 0 Å². The number of hydrogen-bond donors (Lipinski definition) is 0. The largest absolute Gasteiger partial charge is 0.291 e. The van der Waals surface area contributed by atoms with Gasteiger partial charge in [-0.1, -0.05) is 13.3 Å². The molecular formula is C7H10O2. The van der Waals surface area contributed by atoms with Gasteiger partial charge in [-0.05, 0) is 5.92 Å². The topological polar surface area (TPSA) is 34.1 Å². The Morgan fingerprint density at radius 1 is 1.33 bits per heavy atom. The predicted octanol–water partition coefficient (Wildman–Crippen LogP) is 0.945. The van der Waals surface area contributed by atoms with Gasteiger partial charge in [-0.3, -0.25) is 9.59 Å². The molecule has 0 radical (unpaired) electrons. The monoisotopic (exact) mass is 126 g/mol. The zero-order valence-electron chi connectivity index (χ0n) is 5.52. The highest BCUT2D eigenvalue weighted by molar-refractivity contribution is 6.39. The van der Waals surface area contributed by atoms with E-state index < -0.39 is 0 Å². The smallest absolute Gasteiger partial charge is 0.198 e. The molecule has 0 N–H and O–H groups in total. The summed E-state index contributed by atoms with van der Waals surface area (Å²) in [7, 11) is 0. The summed E-state index contributed by atoms with van der Waals surface area (Å²) in [6, 6.07) is 0. The maximum atomic E-state index is 10.6. The lowest BCUT2D eigenvalue weighted by atomic mass is 10.1. The Morgan fingerprint density at radius 3 is 2.00 bits per heavy atom. The van der Waals surface area contributed by atoms with Crippen LogP contribution in [0, 0.1) is 5.92 Å². The molecule has 0 aromatic carbocycles. The van der Waals surface area contributed by atoms with Crippen LogP contribution in [0.1, 0.15) is 26.2 Å². The van der Waals surface area contributed by atoms with E-state index in [1.54, 1.807) is 0 Å². The van der Waals surface area contributed by atoms with Gasteiger partial charge in [0, 0.05) is 12.8 Å². The van der Waals surface area contributed by atoms with Gasteiger partial charge in [0.2, 0.25) is 0 Å². The highest BCUT2D eigenvalue weighted by atomic mass is 16.2. The van der Waals surface area contributed by atoms with E-state index in [0.29, 0.717) is 18.8 Å². The molecule has 2 heteroatoms. The fourth-order valence-electron chi connectivity index (χ4n) is 1.11. The van der Waals surface area contributed by atoms with Crippen molar-refractivity contribution >= 4 is 11.6 Å². The number of carbonyl (C=O) groups excluding carboxylic acids is 2. The molecule has 0 saturated heterocycles. The average molecular weight is 126 g/mol. The third-order valence-electron chi connectivity index (χ3n) is 1.84. The molecule has 0 amide bonds. The molecule has 0 aromatic heterocycles. The first-order chi connectivity index (χ1) is 4.24. The molecule has 1 rings (SSSR count). The van der Waals surface area contributed by atoms with E-state index in [9.17, 15) is 9.59 Å². The molecule has 50 valence electrons. The number of Topliss-reactive ketones (excluding diaryl/α,β-unsaturated/α-hetero) is 2. The average Bonchev–Trinajstić information content (AvgIpc) is 2.13. The molecule has 9 heavy (non-hydrogen) atoms. The van der Waals surface area contributed by atoms with E-state index in [4.69, 9.17) is 0 Å². The van der Waals surface area contributed by atoms with Crippen molar-refractivity contribution in [1.82, 2.24) is 0 Å². The molecule has 0 aromatic rings. The van der Waals surface area contributed by atoms with Gasteiger partial charge in [-0.25, -0.2) is 0 Å². The Bertz CT molecular complexity index is 133. The highest BCUT2D eigenvalue weighted by Gasteiger charge is 2.28. The summed E-state index contributed by atoms with van der Waals surface area (Å²) < 4.78 is 0. The third-order valence-corrected chi connectivity index (χ3v) is 1.84. The van der Waals surface area contributed by atoms with Crippen molar-refractivity contribution in [3.05, 3.63) is 0 Å². The van der Waals surface area contributed by atoms with Gasteiger partial charge in [0.05, 0.1) is 0 Å². The molecule has 0 heterocycles. The van der Waals surface area contributed by atoms with Gasteiger partial charge in [0.25, 0.3) is 0 Å². The fraction of sp³-hybridized carbons (Fsp3) is 0.714. The van der Waals surface area contributed by atoms with Gasteiger partial charge in [-0.2, -0.15) is 0 Å². The van der Waals surface area contributed by atoms with E-state index in [0.717, 1.165) is 6.42 Å². The van der Waals surface area contributed by atoms with Crippen LogP contribution in [0.3, 0.4) is 0 Å². The van der Waals surface area contributed by atoms with Gasteiger partial charge >= 0.3 is 0 Å². The van der Waals surface area contributed by atoms with Gasteiger partial charge < -0.3 is 0 Å². The number of carbonyl (C=O) groups is 2. The molecular weight excluding hydrogens is 116 g/mol. The molecule has 2 nitrogen and oxygen atoms in total. The predicted molar refractivity (Wildman–Crippen MR) is 33.0 cm³/mol. The molecule has 0 atom stereocenters. The zero-order chi connectivity index (χ0) is 6.85.